The molecular weight excluding hydrogens is 160 g/mol. The quantitative estimate of drug-likeness (QED) is 0.633. The molecule has 0 aliphatic carbocycles. The molecular formula is C9H11F2N. The molecule has 3 heteroatoms. The summed E-state index contributed by atoms with van der Waals surface area (Å²) < 4.78 is 24.4. The lowest BCUT2D eigenvalue weighted by molar-refractivity contribution is 0.146. The zero-order chi connectivity index (χ0) is 9.30. The van der Waals surface area contributed by atoms with Gasteiger partial charge >= 0.3 is 0 Å². The molecule has 0 N–H and O–H groups in total. The molecule has 0 saturated carbocycles. The van der Waals surface area contributed by atoms with Crippen molar-refractivity contribution in [3.63, 3.8) is 0 Å². The molecule has 0 unspecified atom stereocenters. The highest BCUT2D eigenvalue weighted by Gasteiger charge is 2.10. The Kier molecular flexibility index (Phi) is 2.40. The average molecular weight is 171 g/mol. The summed E-state index contributed by atoms with van der Waals surface area (Å²) in [5.74, 6) is 0. The van der Waals surface area contributed by atoms with Crippen LogP contribution in [0.25, 0.3) is 0 Å². The maximum Gasteiger partial charge on any atom is 0.280 e. The van der Waals surface area contributed by atoms with E-state index in [-0.39, 0.29) is 5.69 Å². The van der Waals surface area contributed by atoms with Crippen molar-refractivity contribution < 1.29 is 8.78 Å². The van der Waals surface area contributed by atoms with E-state index in [1.165, 1.54) is 6.07 Å². The highest BCUT2D eigenvalue weighted by atomic mass is 19.3. The summed E-state index contributed by atoms with van der Waals surface area (Å²) in [6.45, 7) is 5.44. The Balaban J connectivity index is 3.21. The second-order valence-corrected chi connectivity index (χ2v) is 2.88. The zero-order valence-corrected chi connectivity index (χ0v) is 7.36. The van der Waals surface area contributed by atoms with Crippen LogP contribution < -0.4 is 0 Å². The Morgan fingerprint density at radius 3 is 2.25 bits per heavy atom. The van der Waals surface area contributed by atoms with Crippen molar-refractivity contribution in [3.8, 4) is 0 Å². The predicted octanol–water partition coefficient (Wildman–Crippen LogP) is 2.94. The Labute approximate surface area is 70.4 Å². The van der Waals surface area contributed by atoms with Crippen LogP contribution in [0.1, 0.15) is 28.9 Å². The van der Waals surface area contributed by atoms with Crippen LogP contribution in [-0.4, -0.2) is 4.98 Å². The Hall–Kier alpha value is -0.990. The number of pyridine rings is 1. The molecule has 1 heterocycles. The van der Waals surface area contributed by atoms with Gasteiger partial charge in [-0.3, -0.25) is 4.98 Å². The first-order valence-corrected chi connectivity index (χ1v) is 3.75. The molecule has 1 aromatic heterocycles. The lowest BCUT2D eigenvalue weighted by Crippen LogP contribution is -1.97. The van der Waals surface area contributed by atoms with E-state index in [0.29, 0.717) is 5.69 Å². The van der Waals surface area contributed by atoms with Crippen molar-refractivity contribution >= 4 is 0 Å². The highest BCUT2D eigenvalue weighted by molar-refractivity contribution is 5.30. The van der Waals surface area contributed by atoms with Gasteiger partial charge in [-0.15, -0.1) is 0 Å². The third-order valence-corrected chi connectivity index (χ3v) is 2.02. The monoisotopic (exact) mass is 171 g/mol. The van der Waals surface area contributed by atoms with E-state index in [0.717, 1.165) is 11.1 Å². The summed E-state index contributed by atoms with van der Waals surface area (Å²) in [6, 6.07) is 1.44. The van der Waals surface area contributed by atoms with E-state index < -0.39 is 6.43 Å². The molecule has 0 saturated heterocycles. The normalized spacial score (nSPS) is 10.8. The van der Waals surface area contributed by atoms with Crippen LogP contribution in [0, 0.1) is 20.8 Å². The van der Waals surface area contributed by atoms with Crippen LogP contribution in [0.3, 0.4) is 0 Å². The minimum absolute atomic E-state index is 0.129. The fourth-order valence-corrected chi connectivity index (χ4v) is 1.04. The Morgan fingerprint density at radius 2 is 1.83 bits per heavy atom. The van der Waals surface area contributed by atoms with Crippen molar-refractivity contribution in [2.24, 2.45) is 0 Å². The molecule has 66 valence electrons. The number of alkyl halides is 2. The maximum atomic E-state index is 12.2. The molecule has 0 aliphatic heterocycles. The SMILES string of the molecule is Cc1cc(C(F)F)nc(C)c1C. The lowest BCUT2D eigenvalue weighted by Gasteiger charge is -2.06. The summed E-state index contributed by atoms with van der Waals surface area (Å²) in [5, 5.41) is 0. The standard InChI is InChI=1S/C9H11F2N/c1-5-4-8(9(10)11)12-7(3)6(5)2/h4,9H,1-3H3. The molecule has 0 radical (unpaired) electrons. The van der Waals surface area contributed by atoms with E-state index in [9.17, 15) is 8.78 Å². The van der Waals surface area contributed by atoms with Crippen LogP contribution in [0.5, 0.6) is 0 Å². The summed E-state index contributed by atoms with van der Waals surface area (Å²) in [6.07, 6.45) is -2.47. The van der Waals surface area contributed by atoms with Gasteiger partial charge in [0.25, 0.3) is 6.43 Å². The van der Waals surface area contributed by atoms with Crippen LogP contribution in [-0.2, 0) is 0 Å². The number of rotatable bonds is 1. The van der Waals surface area contributed by atoms with Gasteiger partial charge in [0.1, 0.15) is 5.69 Å². The van der Waals surface area contributed by atoms with Crippen molar-refractivity contribution in [2.75, 3.05) is 0 Å². The predicted molar refractivity (Wildman–Crippen MR) is 43.4 cm³/mol. The van der Waals surface area contributed by atoms with Crippen molar-refractivity contribution in [3.05, 3.63) is 28.6 Å². The van der Waals surface area contributed by atoms with E-state index in [1.54, 1.807) is 6.92 Å². The third-order valence-electron chi connectivity index (χ3n) is 2.02. The van der Waals surface area contributed by atoms with Gasteiger partial charge in [0.05, 0.1) is 0 Å². The number of aromatic nitrogens is 1. The molecule has 0 amide bonds. The molecule has 0 fully saturated rings. The fraction of sp³-hybridized carbons (Fsp3) is 0.444. The van der Waals surface area contributed by atoms with Gasteiger partial charge in [-0.2, -0.15) is 0 Å². The molecule has 0 bridgehead atoms. The number of hydrogen-bond acceptors (Lipinski definition) is 1. The average Bonchev–Trinajstić information content (AvgIpc) is 1.99. The molecule has 0 aliphatic rings. The number of aryl methyl sites for hydroxylation is 2. The minimum atomic E-state index is -2.47. The van der Waals surface area contributed by atoms with Crippen LogP contribution in [0.4, 0.5) is 8.78 Å². The topological polar surface area (TPSA) is 12.9 Å². The maximum absolute atomic E-state index is 12.2. The van der Waals surface area contributed by atoms with Gasteiger partial charge in [0.15, 0.2) is 0 Å². The fourth-order valence-electron chi connectivity index (χ4n) is 1.04. The largest absolute Gasteiger partial charge is 0.280 e. The smallest absolute Gasteiger partial charge is 0.252 e. The minimum Gasteiger partial charge on any atom is -0.252 e. The van der Waals surface area contributed by atoms with Gasteiger partial charge in [0, 0.05) is 5.69 Å². The highest BCUT2D eigenvalue weighted by Crippen LogP contribution is 2.20. The van der Waals surface area contributed by atoms with Crippen LogP contribution in [0.2, 0.25) is 0 Å². The van der Waals surface area contributed by atoms with Crippen molar-refractivity contribution in [1.82, 2.24) is 4.98 Å². The van der Waals surface area contributed by atoms with Gasteiger partial charge in [-0.25, -0.2) is 8.78 Å². The Bertz CT molecular complexity index is 272. The third kappa shape index (κ3) is 1.60. The molecule has 0 aromatic carbocycles. The molecule has 1 aromatic rings. The van der Waals surface area contributed by atoms with Crippen LogP contribution in [0.15, 0.2) is 6.07 Å². The van der Waals surface area contributed by atoms with Gasteiger partial charge in [-0.05, 0) is 38.0 Å². The molecule has 1 nitrogen and oxygen atoms in total. The molecule has 1 rings (SSSR count). The first kappa shape index (κ1) is 9.10. The summed E-state index contributed by atoms with van der Waals surface area (Å²) in [4.78, 5) is 3.78. The molecule has 12 heavy (non-hydrogen) atoms. The summed E-state index contributed by atoms with van der Waals surface area (Å²) >= 11 is 0. The summed E-state index contributed by atoms with van der Waals surface area (Å²) in [5.41, 5.74) is 2.41. The van der Waals surface area contributed by atoms with E-state index >= 15 is 0 Å². The Morgan fingerprint density at radius 1 is 1.25 bits per heavy atom. The van der Waals surface area contributed by atoms with E-state index in [4.69, 9.17) is 0 Å². The van der Waals surface area contributed by atoms with Gasteiger partial charge < -0.3 is 0 Å². The van der Waals surface area contributed by atoms with Crippen molar-refractivity contribution in [1.29, 1.82) is 0 Å². The van der Waals surface area contributed by atoms with Crippen molar-refractivity contribution in [2.45, 2.75) is 27.2 Å². The second-order valence-electron chi connectivity index (χ2n) is 2.88. The number of halogens is 2. The number of hydrogen-bond donors (Lipinski definition) is 0. The van der Waals surface area contributed by atoms with E-state index in [2.05, 4.69) is 4.98 Å². The first-order valence-electron chi connectivity index (χ1n) is 3.75. The first-order chi connectivity index (χ1) is 5.52. The van der Waals surface area contributed by atoms with Crippen LogP contribution >= 0.6 is 0 Å². The molecule has 0 atom stereocenters. The number of nitrogens with zero attached hydrogens (tertiary/aromatic N) is 1. The van der Waals surface area contributed by atoms with E-state index in [1.807, 2.05) is 13.8 Å². The zero-order valence-electron chi connectivity index (χ0n) is 7.36. The van der Waals surface area contributed by atoms with Gasteiger partial charge in [0.2, 0.25) is 0 Å². The summed E-state index contributed by atoms with van der Waals surface area (Å²) in [7, 11) is 0. The second kappa shape index (κ2) is 3.17. The van der Waals surface area contributed by atoms with Gasteiger partial charge in [-0.1, -0.05) is 0 Å². The molecule has 0 spiro atoms. The lowest BCUT2D eigenvalue weighted by atomic mass is 10.1.